The lowest BCUT2D eigenvalue weighted by molar-refractivity contribution is -0.142. The second-order valence-electron chi connectivity index (χ2n) is 7.01. The molecule has 144 valence electrons. The molecule has 0 bridgehead atoms. The molecule has 2 amide bonds. The highest BCUT2D eigenvalue weighted by Crippen LogP contribution is 2.21. The molecule has 5 nitrogen and oxygen atoms in total. The molecule has 27 heavy (non-hydrogen) atoms. The summed E-state index contributed by atoms with van der Waals surface area (Å²) in [6.07, 6.45) is 1.54. The van der Waals surface area contributed by atoms with E-state index in [4.69, 9.17) is 0 Å². The summed E-state index contributed by atoms with van der Waals surface area (Å²) < 4.78 is 13.3. The van der Waals surface area contributed by atoms with E-state index < -0.39 is 0 Å². The van der Waals surface area contributed by atoms with Gasteiger partial charge in [0, 0.05) is 31.9 Å². The number of amides is 2. The van der Waals surface area contributed by atoms with Crippen LogP contribution >= 0.6 is 11.3 Å². The van der Waals surface area contributed by atoms with Crippen molar-refractivity contribution >= 4 is 23.2 Å². The first kappa shape index (κ1) is 19.5. The van der Waals surface area contributed by atoms with Crippen LogP contribution in [0.25, 0.3) is 0 Å². The predicted molar refractivity (Wildman–Crippen MR) is 103 cm³/mol. The monoisotopic (exact) mass is 389 g/mol. The van der Waals surface area contributed by atoms with Crippen molar-refractivity contribution in [3.63, 3.8) is 0 Å². The number of thiazole rings is 1. The standard InChI is InChI=1S/C20H24FN3O2S/c1-14-22-18(13-27-14)12-23(2)20(26)16-6-7-19(25)24(11-16)9-8-15-4-3-5-17(21)10-15/h3-5,10,13,16H,6-9,11-12H2,1-2H3. The molecule has 7 heteroatoms. The SMILES string of the molecule is Cc1nc(CN(C)C(=O)C2CCC(=O)N(CCc3cccc(F)c3)C2)cs1. The van der Waals surface area contributed by atoms with E-state index in [1.54, 1.807) is 34.3 Å². The van der Waals surface area contributed by atoms with Gasteiger partial charge in [-0.25, -0.2) is 9.37 Å². The lowest BCUT2D eigenvalue weighted by atomic mass is 9.95. The molecular formula is C20H24FN3O2S. The largest absolute Gasteiger partial charge is 0.342 e. The number of carbonyl (C=O) groups excluding carboxylic acids is 2. The number of nitrogens with zero attached hydrogens (tertiary/aromatic N) is 3. The van der Waals surface area contributed by atoms with Crippen LogP contribution in [-0.4, -0.2) is 46.7 Å². The first-order valence-electron chi connectivity index (χ1n) is 9.10. The summed E-state index contributed by atoms with van der Waals surface area (Å²) in [7, 11) is 1.78. The van der Waals surface area contributed by atoms with E-state index >= 15 is 0 Å². The Hall–Kier alpha value is -2.28. The van der Waals surface area contributed by atoms with Crippen LogP contribution in [0.2, 0.25) is 0 Å². The Morgan fingerprint density at radius 2 is 2.26 bits per heavy atom. The minimum atomic E-state index is -0.274. The van der Waals surface area contributed by atoms with Crippen LogP contribution in [-0.2, 0) is 22.6 Å². The number of piperidine rings is 1. The molecule has 0 aliphatic carbocycles. The first-order valence-corrected chi connectivity index (χ1v) is 9.98. The van der Waals surface area contributed by atoms with E-state index in [1.807, 2.05) is 18.4 Å². The van der Waals surface area contributed by atoms with Crippen LogP contribution in [0.5, 0.6) is 0 Å². The van der Waals surface area contributed by atoms with Gasteiger partial charge in [0.15, 0.2) is 0 Å². The first-order chi connectivity index (χ1) is 12.9. The second-order valence-corrected chi connectivity index (χ2v) is 8.07. The van der Waals surface area contributed by atoms with Crippen molar-refractivity contribution in [3.05, 3.63) is 51.7 Å². The summed E-state index contributed by atoms with van der Waals surface area (Å²) in [5.41, 5.74) is 1.75. The third-order valence-electron chi connectivity index (χ3n) is 4.85. The van der Waals surface area contributed by atoms with Crippen molar-refractivity contribution in [2.75, 3.05) is 20.1 Å². The van der Waals surface area contributed by atoms with E-state index in [1.165, 1.54) is 12.1 Å². The normalized spacial score (nSPS) is 17.2. The maximum absolute atomic E-state index is 13.3. The van der Waals surface area contributed by atoms with Crippen molar-refractivity contribution < 1.29 is 14.0 Å². The molecule has 1 fully saturated rings. The van der Waals surface area contributed by atoms with Crippen LogP contribution in [0.15, 0.2) is 29.6 Å². The van der Waals surface area contributed by atoms with E-state index in [0.29, 0.717) is 38.9 Å². The fourth-order valence-corrected chi connectivity index (χ4v) is 4.01. The molecule has 2 aromatic rings. The second kappa shape index (κ2) is 8.61. The Morgan fingerprint density at radius 1 is 1.44 bits per heavy atom. The van der Waals surface area contributed by atoms with Gasteiger partial charge in [0.05, 0.1) is 23.2 Å². The maximum atomic E-state index is 13.3. The molecule has 2 heterocycles. The lowest BCUT2D eigenvalue weighted by Crippen LogP contribution is -2.46. The minimum absolute atomic E-state index is 0.0453. The van der Waals surface area contributed by atoms with E-state index in [-0.39, 0.29) is 23.5 Å². The quantitative estimate of drug-likeness (QED) is 0.763. The molecule has 1 saturated heterocycles. The van der Waals surface area contributed by atoms with Gasteiger partial charge in [0.1, 0.15) is 5.82 Å². The number of carbonyl (C=O) groups is 2. The fourth-order valence-electron chi connectivity index (χ4n) is 3.40. The molecule has 0 radical (unpaired) electrons. The molecule has 0 spiro atoms. The molecule has 0 saturated carbocycles. The zero-order valence-corrected chi connectivity index (χ0v) is 16.5. The molecule has 1 aliphatic rings. The van der Waals surface area contributed by atoms with Crippen LogP contribution in [0.3, 0.4) is 0 Å². The minimum Gasteiger partial charge on any atom is -0.342 e. The number of hydrogen-bond acceptors (Lipinski definition) is 4. The van der Waals surface area contributed by atoms with Crippen LogP contribution in [0.4, 0.5) is 4.39 Å². The number of aryl methyl sites for hydroxylation is 1. The summed E-state index contributed by atoms with van der Waals surface area (Å²) in [4.78, 5) is 32.9. The topological polar surface area (TPSA) is 53.5 Å². The summed E-state index contributed by atoms with van der Waals surface area (Å²) in [5, 5.41) is 2.95. The number of benzene rings is 1. The summed E-state index contributed by atoms with van der Waals surface area (Å²) >= 11 is 1.57. The Labute approximate surface area is 162 Å². The Morgan fingerprint density at radius 3 is 2.96 bits per heavy atom. The Balaban J connectivity index is 1.56. The van der Waals surface area contributed by atoms with Crippen LogP contribution < -0.4 is 0 Å². The van der Waals surface area contributed by atoms with Crippen molar-refractivity contribution in [2.24, 2.45) is 5.92 Å². The fraction of sp³-hybridized carbons (Fsp3) is 0.450. The molecular weight excluding hydrogens is 365 g/mol. The molecule has 3 rings (SSSR count). The van der Waals surface area contributed by atoms with Crippen LogP contribution in [0.1, 0.15) is 29.1 Å². The molecule has 1 aliphatic heterocycles. The third kappa shape index (κ3) is 5.13. The van der Waals surface area contributed by atoms with Gasteiger partial charge in [-0.2, -0.15) is 0 Å². The highest BCUT2D eigenvalue weighted by atomic mass is 32.1. The van der Waals surface area contributed by atoms with Gasteiger partial charge in [0.25, 0.3) is 0 Å². The van der Waals surface area contributed by atoms with Crippen molar-refractivity contribution in [3.8, 4) is 0 Å². The van der Waals surface area contributed by atoms with Gasteiger partial charge < -0.3 is 9.80 Å². The third-order valence-corrected chi connectivity index (χ3v) is 5.67. The lowest BCUT2D eigenvalue weighted by Gasteiger charge is -2.33. The number of halogens is 1. The van der Waals surface area contributed by atoms with Gasteiger partial charge in [-0.1, -0.05) is 12.1 Å². The summed E-state index contributed by atoms with van der Waals surface area (Å²) in [6.45, 7) is 3.35. The highest BCUT2D eigenvalue weighted by Gasteiger charge is 2.31. The smallest absolute Gasteiger partial charge is 0.227 e. The zero-order chi connectivity index (χ0) is 19.4. The molecule has 1 atom stereocenters. The molecule has 1 aromatic carbocycles. The number of likely N-dealkylation sites (tertiary alicyclic amines) is 1. The summed E-state index contributed by atoms with van der Waals surface area (Å²) in [5.74, 6) is -0.360. The maximum Gasteiger partial charge on any atom is 0.227 e. The average Bonchev–Trinajstić information content (AvgIpc) is 3.05. The zero-order valence-electron chi connectivity index (χ0n) is 15.7. The van der Waals surface area contributed by atoms with Gasteiger partial charge in [-0.05, 0) is 37.5 Å². The molecule has 0 N–H and O–H groups in total. The predicted octanol–water partition coefficient (Wildman–Crippen LogP) is 3.03. The van der Waals surface area contributed by atoms with E-state index in [0.717, 1.165) is 16.3 Å². The molecule has 1 aromatic heterocycles. The highest BCUT2D eigenvalue weighted by molar-refractivity contribution is 7.09. The van der Waals surface area contributed by atoms with Gasteiger partial charge in [0.2, 0.25) is 11.8 Å². The van der Waals surface area contributed by atoms with E-state index in [2.05, 4.69) is 4.98 Å². The number of rotatable bonds is 6. The van der Waals surface area contributed by atoms with E-state index in [9.17, 15) is 14.0 Å². The van der Waals surface area contributed by atoms with Crippen LogP contribution in [0, 0.1) is 18.7 Å². The van der Waals surface area contributed by atoms with Gasteiger partial charge >= 0.3 is 0 Å². The van der Waals surface area contributed by atoms with Gasteiger partial charge in [-0.3, -0.25) is 9.59 Å². The van der Waals surface area contributed by atoms with Crippen molar-refractivity contribution in [2.45, 2.75) is 32.7 Å². The number of hydrogen-bond donors (Lipinski definition) is 0. The van der Waals surface area contributed by atoms with Crippen molar-refractivity contribution in [1.82, 2.24) is 14.8 Å². The Bertz CT molecular complexity index is 823. The Kier molecular flexibility index (Phi) is 6.21. The molecule has 1 unspecified atom stereocenters. The number of aromatic nitrogens is 1. The summed E-state index contributed by atoms with van der Waals surface area (Å²) in [6, 6.07) is 6.42. The van der Waals surface area contributed by atoms with Gasteiger partial charge in [-0.15, -0.1) is 11.3 Å². The van der Waals surface area contributed by atoms with Crippen molar-refractivity contribution in [1.29, 1.82) is 0 Å². The average molecular weight is 389 g/mol.